The highest BCUT2D eigenvalue weighted by Crippen LogP contribution is 2.41. The van der Waals surface area contributed by atoms with E-state index in [1.807, 2.05) is 0 Å². The van der Waals surface area contributed by atoms with Crippen LogP contribution in [0.1, 0.15) is 0 Å². The monoisotopic (exact) mass is 649 g/mol. The van der Waals surface area contributed by atoms with Crippen LogP contribution < -0.4 is 0 Å². The van der Waals surface area contributed by atoms with Gasteiger partial charge in [-0.05, 0) is 83.9 Å². The molecule has 0 aliphatic heterocycles. The highest BCUT2D eigenvalue weighted by molar-refractivity contribution is 6.19. The first-order valence-corrected chi connectivity index (χ1v) is 17.5. The van der Waals surface area contributed by atoms with Crippen LogP contribution in [0, 0.1) is 0 Å². The summed E-state index contributed by atoms with van der Waals surface area (Å²) in [5.41, 5.74) is 13.1. The lowest BCUT2D eigenvalue weighted by molar-refractivity contribution is 1.16. The molecule has 0 spiro atoms. The Balaban J connectivity index is 1.17. The fourth-order valence-electron chi connectivity index (χ4n) is 8.39. The Morgan fingerprint density at radius 2 is 0.627 bits per heavy atom. The number of nitrogens with zero attached hydrogens (tertiary/aromatic N) is 3. The third-order valence-electron chi connectivity index (χ3n) is 10.6. The van der Waals surface area contributed by atoms with Gasteiger partial charge in [0, 0.05) is 49.4 Å². The molecule has 0 fully saturated rings. The van der Waals surface area contributed by atoms with E-state index in [0.29, 0.717) is 0 Å². The van der Waals surface area contributed by atoms with Crippen molar-refractivity contribution in [2.24, 2.45) is 0 Å². The third-order valence-corrected chi connectivity index (χ3v) is 10.6. The molecule has 0 N–H and O–H groups in total. The minimum atomic E-state index is 1.15. The van der Waals surface area contributed by atoms with E-state index in [4.69, 9.17) is 0 Å². The average molecular weight is 650 g/mol. The smallest absolute Gasteiger partial charge is 0.0562 e. The lowest BCUT2D eigenvalue weighted by Crippen LogP contribution is -1.96. The van der Waals surface area contributed by atoms with Crippen LogP contribution in [0.25, 0.3) is 93.6 Å². The van der Waals surface area contributed by atoms with Gasteiger partial charge in [-0.2, -0.15) is 0 Å². The Morgan fingerprint density at radius 1 is 0.216 bits per heavy atom. The normalized spacial score (nSPS) is 11.9. The van der Waals surface area contributed by atoms with Crippen LogP contribution >= 0.6 is 0 Å². The molecule has 0 unspecified atom stereocenters. The van der Waals surface area contributed by atoms with Gasteiger partial charge in [0.05, 0.1) is 33.1 Å². The van der Waals surface area contributed by atoms with Crippen LogP contribution in [0.4, 0.5) is 0 Å². The Hall–Kier alpha value is -6.84. The minimum Gasteiger partial charge on any atom is -0.309 e. The molecule has 11 aromatic rings. The van der Waals surface area contributed by atoms with E-state index in [1.54, 1.807) is 0 Å². The van der Waals surface area contributed by atoms with Gasteiger partial charge < -0.3 is 13.7 Å². The molecule has 3 heteroatoms. The lowest BCUT2D eigenvalue weighted by Gasteiger charge is -2.12. The maximum Gasteiger partial charge on any atom is 0.0562 e. The van der Waals surface area contributed by atoms with Crippen molar-refractivity contribution in [1.82, 2.24) is 13.7 Å². The van der Waals surface area contributed by atoms with Crippen molar-refractivity contribution < 1.29 is 0 Å². The van der Waals surface area contributed by atoms with E-state index in [9.17, 15) is 0 Å². The second-order valence-corrected chi connectivity index (χ2v) is 13.4. The van der Waals surface area contributed by atoms with Gasteiger partial charge >= 0.3 is 0 Å². The summed E-state index contributed by atoms with van der Waals surface area (Å²) in [6.07, 6.45) is 0. The Kier molecular flexibility index (Phi) is 5.96. The van der Waals surface area contributed by atoms with Gasteiger partial charge in [0.25, 0.3) is 0 Å². The number of hydrogen-bond acceptors (Lipinski definition) is 0. The van der Waals surface area contributed by atoms with Crippen molar-refractivity contribution in [2.45, 2.75) is 0 Å². The summed E-state index contributed by atoms with van der Waals surface area (Å²) >= 11 is 0. The van der Waals surface area contributed by atoms with Gasteiger partial charge in [0.2, 0.25) is 0 Å². The largest absolute Gasteiger partial charge is 0.309 e. The molecule has 0 aliphatic rings. The van der Waals surface area contributed by atoms with Crippen LogP contribution in [0.5, 0.6) is 0 Å². The molecule has 51 heavy (non-hydrogen) atoms. The molecule has 0 bridgehead atoms. The molecule has 3 nitrogen and oxygen atoms in total. The van der Waals surface area contributed by atoms with Crippen LogP contribution in [0.2, 0.25) is 0 Å². The predicted molar refractivity (Wildman–Crippen MR) is 215 cm³/mol. The Labute approximate surface area is 294 Å². The fraction of sp³-hybridized carbons (Fsp3) is 0. The molecule has 0 atom stereocenters. The molecule has 0 radical (unpaired) electrons. The standard InChI is InChI=1S/C48H31N3/c1-3-15-34(16-4-1)49-45-25-12-9-22-39(45)41-30-42-40-27-26-33(29-46(40)50(48(42)31-47(41)49)35-17-5-2-6-18-35)32-14-13-19-36(28-32)51-43-23-10-7-20-37(43)38-21-8-11-24-44(38)51/h1-31H. The number of para-hydroxylation sites is 5. The van der Waals surface area contributed by atoms with Crippen molar-refractivity contribution in [1.29, 1.82) is 0 Å². The van der Waals surface area contributed by atoms with E-state index in [-0.39, 0.29) is 0 Å². The highest BCUT2D eigenvalue weighted by atomic mass is 15.0. The molecule has 0 saturated carbocycles. The zero-order valence-electron chi connectivity index (χ0n) is 27.7. The fourth-order valence-corrected chi connectivity index (χ4v) is 8.39. The topological polar surface area (TPSA) is 14.8 Å². The van der Waals surface area contributed by atoms with Gasteiger partial charge in [-0.3, -0.25) is 0 Å². The summed E-state index contributed by atoms with van der Waals surface area (Å²) in [5.74, 6) is 0. The quantitative estimate of drug-likeness (QED) is 0.180. The van der Waals surface area contributed by atoms with Crippen LogP contribution in [0.3, 0.4) is 0 Å². The Morgan fingerprint density at radius 3 is 1.22 bits per heavy atom. The van der Waals surface area contributed by atoms with E-state index >= 15 is 0 Å². The maximum atomic E-state index is 2.44. The number of benzene rings is 8. The zero-order chi connectivity index (χ0) is 33.5. The summed E-state index contributed by atoms with van der Waals surface area (Å²) in [5, 5.41) is 7.56. The lowest BCUT2D eigenvalue weighted by atomic mass is 10.0. The first-order valence-electron chi connectivity index (χ1n) is 17.5. The van der Waals surface area contributed by atoms with Gasteiger partial charge in [-0.25, -0.2) is 0 Å². The molecule has 0 amide bonds. The molecule has 0 aliphatic carbocycles. The SMILES string of the molecule is c1ccc(-n2c3ccccc3c3cc4c5ccc(-c6cccc(-n7c8ccccc8c8ccccc87)c6)cc5n(-c5ccccc5)c4cc32)cc1. The molecular weight excluding hydrogens is 619 g/mol. The average Bonchev–Trinajstić information content (AvgIpc) is 3.82. The van der Waals surface area contributed by atoms with E-state index in [2.05, 4.69) is 202 Å². The molecular formula is C48H31N3. The molecule has 238 valence electrons. The second kappa shape index (κ2) is 10.8. The highest BCUT2D eigenvalue weighted by Gasteiger charge is 2.19. The Bertz CT molecular complexity index is 3070. The summed E-state index contributed by atoms with van der Waals surface area (Å²) in [7, 11) is 0. The number of hydrogen-bond donors (Lipinski definition) is 0. The number of aromatic nitrogens is 3. The number of fused-ring (bicyclic) bond motifs is 9. The summed E-state index contributed by atoms with van der Waals surface area (Å²) in [6, 6.07) is 68.4. The second-order valence-electron chi connectivity index (χ2n) is 13.4. The van der Waals surface area contributed by atoms with Gasteiger partial charge in [0.1, 0.15) is 0 Å². The summed E-state index contributed by atoms with van der Waals surface area (Å²) in [6.45, 7) is 0. The van der Waals surface area contributed by atoms with Crippen molar-refractivity contribution >= 4 is 65.4 Å². The zero-order valence-corrected chi connectivity index (χ0v) is 27.7. The third kappa shape index (κ3) is 4.12. The molecule has 3 aromatic heterocycles. The molecule has 8 aromatic carbocycles. The van der Waals surface area contributed by atoms with Crippen LogP contribution in [-0.2, 0) is 0 Å². The van der Waals surface area contributed by atoms with Crippen molar-refractivity contribution in [2.75, 3.05) is 0 Å². The van der Waals surface area contributed by atoms with E-state index in [1.165, 1.54) is 76.5 Å². The summed E-state index contributed by atoms with van der Waals surface area (Å²) < 4.78 is 7.24. The van der Waals surface area contributed by atoms with E-state index < -0.39 is 0 Å². The van der Waals surface area contributed by atoms with Crippen LogP contribution in [0.15, 0.2) is 188 Å². The minimum absolute atomic E-state index is 1.15. The maximum absolute atomic E-state index is 2.44. The van der Waals surface area contributed by atoms with Crippen LogP contribution in [-0.4, -0.2) is 13.7 Å². The first-order chi connectivity index (χ1) is 25.3. The molecule has 0 saturated heterocycles. The van der Waals surface area contributed by atoms with Gasteiger partial charge in [-0.1, -0.05) is 115 Å². The molecule has 3 heterocycles. The predicted octanol–water partition coefficient (Wildman–Crippen LogP) is 12.6. The van der Waals surface area contributed by atoms with Gasteiger partial charge in [0.15, 0.2) is 0 Å². The van der Waals surface area contributed by atoms with Crippen molar-refractivity contribution in [3.05, 3.63) is 188 Å². The van der Waals surface area contributed by atoms with Gasteiger partial charge in [-0.15, -0.1) is 0 Å². The first kappa shape index (κ1) is 28.0. The van der Waals surface area contributed by atoms with E-state index in [0.717, 1.165) is 17.1 Å². The molecule has 11 rings (SSSR count). The number of rotatable bonds is 4. The summed E-state index contributed by atoms with van der Waals surface area (Å²) in [4.78, 5) is 0. The van der Waals surface area contributed by atoms with Crippen molar-refractivity contribution in [3.63, 3.8) is 0 Å². The van der Waals surface area contributed by atoms with Crippen molar-refractivity contribution in [3.8, 4) is 28.2 Å².